The first-order chi connectivity index (χ1) is 12.8. The Morgan fingerprint density at radius 3 is 2.11 bits per heavy atom. The lowest BCUT2D eigenvalue weighted by Gasteiger charge is -2.34. The van der Waals surface area contributed by atoms with Crippen LogP contribution in [-0.2, 0) is 10.0 Å². The molecule has 1 aliphatic rings. The summed E-state index contributed by atoms with van der Waals surface area (Å²) < 4.78 is 27.3. The second-order valence-electron chi connectivity index (χ2n) is 7.25. The molecule has 1 amide bonds. The summed E-state index contributed by atoms with van der Waals surface area (Å²) in [4.78, 5) is 12.6. The van der Waals surface area contributed by atoms with Gasteiger partial charge in [0, 0.05) is 29.4 Å². The highest BCUT2D eigenvalue weighted by Gasteiger charge is 2.31. The summed E-state index contributed by atoms with van der Waals surface area (Å²) in [6.45, 7) is 5.21. The molecular formula is C20H23ClN2O3S. The van der Waals surface area contributed by atoms with Gasteiger partial charge < -0.3 is 5.32 Å². The van der Waals surface area contributed by atoms with Gasteiger partial charge in [0.05, 0.1) is 4.90 Å². The Balaban J connectivity index is 1.74. The Morgan fingerprint density at radius 2 is 1.56 bits per heavy atom. The maximum Gasteiger partial charge on any atom is 0.255 e. The van der Waals surface area contributed by atoms with Gasteiger partial charge in [0.25, 0.3) is 5.91 Å². The molecule has 0 aliphatic carbocycles. The van der Waals surface area contributed by atoms with E-state index in [0.717, 1.165) is 6.42 Å². The van der Waals surface area contributed by atoms with E-state index >= 15 is 0 Å². The lowest BCUT2D eigenvalue weighted by molar-refractivity contribution is 0.102. The van der Waals surface area contributed by atoms with E-state index in [-0.39, 0.29) is 10.8 Å². The van der Waals surface area contributed by atoms with Crippen LogP contribution in [0.2, 0.25) is 5.02 Å². The lowest BCUT2D eigenvalue weighted by Crippen LogP contribution is -2.42. The van der Waals surface area contributed by atoms with Crippen LogP contribution in [0.4, 0.5) is 5.69 Å². The number of anilines is 1. The van der Waals surface area contributed by atoms with Crippen LogP contribution in [0.5, 0.6) is 0 Å². The fraction of sp³-hybridized carbons (Fsp3) is 0.350. The van der Waals surface area contributed by atoms with Gasteiger partial charge in [-0.05, 0) is 66.8 Å². The van der Waals surface area contributed by atoms with Crippen molar-refractivity contribution in [2.24, 2.45) is 11.8 Å². The molecule has 1 aliphatic heterocycles. The summed E-state index contributed by atoms with van der Waals surface area (Å²) in [5.41, 5.74) is 1.02. The number of carbonyl (C=O) groups is 1. The zero-order chi connectivity index (χ0) is 19.6. The van der Waals surface area contributed by atoms with Crippen LogP contribution in [0.3, 0.4) is 0 Å². The third kappa shape index (κ3) is 4.69. The van der Waals surface area contributed by atoms with E-state index in [1.54, 1.807) is 28.6 Å². The van der Waals surface area contributed by atoms with Gasteiger partial charge in [0.15, 0.2) is 0 Å². The molecule has 0 bridgehead atoms. The highest BCUT2D eigenvalue weighted by atomic mass is 35.5. The van der Waals surface area contributed by atoms with Crippen molar-refractivity contribution in [2.75, 3.05) is 18.4 Å². The normalized spacial score (nSPS) is 21.0. The number of piperidine rings is 1. The van der Waals surface area contributed by atoms with E-state index in [0.29, 0.717) is 41.2 Å². The highest BCUT2D eigenvalue weighted by Crippen LogP contribution is 2.27. The molecule has 1 heterocycles. The first-order valence-corrected chi connectivity index (χ1v) is 10.7. The largest absolute Gasteiger partial charge is 0.322 e. The zero-order valence-corrected chi connectivity index (χ0v) is 16.9. The number of carbonyl (C=O) groups excluding carboxylic acids is 1. The maximum absolute atomic E-state index is 12.9. The van der Waals surface area contributed by atoms with E-state index < -0.39 is 10.0 Å². The Hall–Kier alpha value is -1.89. The number of rotatable bonds is 4. The van der Waals surface area contributed by atoms with Gasteiger partial charge in [0.2, 0.25) is 10.0 Å². The molecule has 2 atom stereocenters. The van der Waals surface area contributed by atoms with Crippen LogP contribution in [0.25, 0.3) is 0 Å². The number of nitrogens with zero attached hydrogens (tertiary/aromatic N) is 1. The molecule has 2 aromatic rings. The van der Waals surface area contributed by atoms with E-state index in [4.69, 9.17) is 11.6 Å². The molecule has 7 heteroatoms. The average molecular weight is 407 g/mol. The van der Waals surface area contributed by atoms with Gasteiger partial charge >= 0.3 is 0 Å². The molecule has 1 fully saturated rings. The number of nitrogens with one attached hydrogen (secondary N) is 1. The summed E-state index contributed by atoms with van der Waals surface area (Å²) in [7, 11) is -3.55. The monoisotopic (exact) mass is 406 g/mol. The predicted octanol–water partition coefficient (Wildman–Crippen LogP) is 4.26. The molecule has 3 rings (SSSR count). The van der Waals surface area contributed by atoms with Crippen LogP contribution in [0.1, 0.15) is 30.6 Å². The van der Waals surface area contributed by atoms with Crippen LogP contribution in [0.15, 0.2) is 53.4 Å². The van der Waals surface area contributed by atoms with Crippen LogP contribution in [-0.4, -0.2) is 31.7 Å². The number of hydrogen-bond acceptors (Lipinski definition) is 3. The van der Waals surface area contributed by atoms with E-state index in [2.05, 4.69) is 19.2 Å². The first kappa shape index (κ1) is 19.9. The SMILES string of the molecule is C[C@@H]1C[C@H](C)CN(S(=O)(=O)c2ccc(C(=O)Nc3ccc(Cl)cc3)cc2)C1. The standard InChI is InChI=1S/C20H23ClN2O3S/c1-14-11-15(2)13-23(12-14)27(25,26)19-9-3-16(4-10-19)20(24)22-18-7-5-17(21)6-8-18/h3-10,14-15H,11-13H2,1-2H3,(H,22,24)/t14-,15+. The summed E-state index contributed by atoms with van der Waals surface area (Å²) in [5.74, 6) is 0.377. The Labute approximate surface area is 165 Å². The van der Waals surface area contributed by atoms with E-state index in [1.807, 2.05) is 0 Å². The number of sulfonamides is 1. The smallest absolute Gasteiger partial charge is 0.255 e. The van der Waals surface area contributed by atoms with Gasteiger partial charge in [0.1, 0.15) is 0 Å². The minimum absolute atomic E-state index is 0.215. The topological polar surface area (TPSA) is 66.5 Å². The van der Waals surface area contributed by atoms with E-state index in [1.165, 1.54) is 24.3 Å². The summed E-state index contributed by atoms with van der Waals surface area (Å²) >= 11 is 5.83. The van der Waals surface area contributed by atoms with Crippen molar-refractivity contribution in [2.45, 2.75) is 25.2 Å². The van der Waals surface area contributed by atoms with Crippen LogP contribution >= 0.6 is 11.6 Å². The molecule has 0 unspecified atom stereocenters. The number of amides is 1. The third-order valence-electron chi connectivity index (χ3n) is 4.69. The van der Waals surface area contributed by atoms with Crippen molar-refractivity contribution in [1.29, 1.82) is 0 Å². The molecule has 0 saturated carbocycles. The molecule has 5 nitrogen and oxygen atoms in total. The van der Waals surface area contributed by atoms with E-state index in [9.17, 15) is 13.2 Å². The van der Waals surface area contributed by atoms with Crippen LogP contribution < -0.4 is 5.32 Å². The predicted molar refractivity (Wildman–Crippen MR) is 108 cm³/mol. The molecule has 27 heavy (non-hydrogen) atoms. The van der Waals surface area contributed by atoms with Crippen molar-refractivity contribution in [3.63, 3.8) is 0 Å². The van der Waals surface area contributed by atoms with Crippen LogP contribution in [0, 0.1) is 11.8 Å². The summed E-state index contributed by atoms with van der Waals surface area (Å²) in [5, 5.41) is 3.35. The van der Waals surface area contributed by atoms with Gasteiger partial charge in [-0.2, -0.15) is 4.31 Å². The maximum atomic E-state index is 12.9. The van der Waals surface area contributed by atoms with Gasteiger partial charge in [-0.15, -0.1) is 0 Å². The van der Waals surface area contributed by atoms with Gasteiger partial charge in [-0.3, -0.25) is 4.79 Å². The number of hydrogen-bond donors (Lipinski definition) is 1. The average Bonchev–Trinajstić information content (AvgIpc) is 2.63. The van der Waals surface area contributed by atoms with Gasteiger partial charge in [-0.25, -0.2) is 8.42 Å². The summed E-state index contributed by atoms with van der Waals surface area (Å²) in [6.07, 6.45) is 1.04. The van der Waals surface area contributed by atoms with Gasteiger partial charge in [-0.1, -0.05) is 25.4 Å². The minimum atomic E-state index is -3.55. The molecule has 1 saturated heterocycles. The number of halogens is 1. The second-order valence-corrected chi connectivity index (χ2v) is 9.63. The van der Waals surface area contributed by atoms with Crippen molar-refractivity contribution in [3.05, 3.63) is 59.1 Å². The molecule has 144 valence electrons. The molecule has 0 radical (unpaired) electrons. The third-order valence-corrected chi connectivity index (χ3v) is 6.79. The lowest BCUT2D eigenvalue weighted by atomic mass is 9.94. The molecule has 2 aromatic carbocycles. The fourth-order valence-electron chi connectivity index (χ4n) is 3.47. The molecule has 1 N–H and O–H groups in total. The first-order valence-electron chi connectivity index (χ1n) is 8.93. The molecular weight excluding hydrogens is 384 g/mol. The van der Waals surface area contributed by atoms with Crippen molar-refractivity contribution >= 4 is 33.2 Å². The Bertz CT molecular complexity index is 901. The quantitative estimate of drug-likeness (QED) is 0.824. The molecule has 0 aromatic heterocycles. The van der Waals surface area contributed by atoms with Crippen molar-refractivity contribution in [1.82, 2.24) is 4.31 Å². The zero-order valence-electron chi connectivity index (χ0n) is 15.4. The summed E-state index contributed by atoms with van der Waals surface area (Å²) in [6, 6.07) is 12.9. The minimum Gasteiger partial charge on any atom is -0.322 e. The van der Waals surface area contributed by atoms with Crippen molar-refractivity contribution < 1.29 is 13.2 Å². The molecule has 0 spiro atoms. The Morgan fingerprint density at radius 1 is 1.00 bits per heavy atom. The fourth-order valence-corrected chi connectivity index (χ4v) is 5.27. The Kier molecular flexibility index (Phi) is 5.89. The number of benzene rings is 2. The highest BCUT2D eigenvalue weighted by molar-refractivity contribution is 7.89. The second kappa shape index (κ2) is 8.00. The van der Waals surface area contributed by atoms with Crippen molar-refractivity contribution in [3.8, 4) is 0 Å².